The molecule has 70 valence electrons. The van der Waals surface area contributed by atoms with E-state index in [-0.39, 0.29) is 0 Å². The third-order valence-corrected chi connectivity index (χ3v) is 2.60. The summed E-state index contributed by atoms with van der Waals surface area (Å²) in [6, 6.07) is 0. The predicted octanol–water partition coefficient (Wildman–Crippen LogP) is 1.25. The number of piperidine rings is 1. The summed E-state index contributed by atoms with van der Waals surface area (Å²) in [7, 11) is 0. The highest BCUT2D eigenvalue weighted by Gasteiger charge is 2.18. The molecule has 0 aromatic carbocycles. The molecular formula is C10H15N3. The molecule has 3 nitrogen and oxygen atoms in total. The molecule has 0 amide bonds. The van der Waals surface area contributed by atoms with Crippen LogP contribution in [-0.2, 0) is 0 Å². The lowest BCUT2D eigenvalue weighted by atomic mass is 9.95. The normalized spacial score (nSPS) is 23.0. The van der Waals surface area contributed by atoms with Crippen LogP contribution in [0.25, 0.3) is 0 Å². The summed E-state index contributed by atoms with van der Waals surface area (Å²) in [6.45, 7) is 4.24. The highest BCUT2D eigenvalue weighted by Crippen LogP contribution is 2.22. The predicted molar refractivity (Wildman–Crippen MR) is 51.6 cm³/mol. The Hall–Kier alpha value is -0.960. The van der Waals surface area contributed by atoms with Gasteiger partial charge in [-0.1, -0.05) is 0 Å². The van der Waals surface area contributed by atoms with Gasteiger partial charge in [-0.25, -0.2) is 0 Å². The standard InChI is InChI=1S/C10H15N3/c1-8-10(13-6-5-12-8)9-3-2-4-11-7-9/h5-6,9,11H,2-4,7H2,1H3/t9-/m0/s1. The lowest BCUT2D eigenvalue weighted by Crippen LogP contribution is -2.29. The second-order valence-electron chi connectivity index (χ2n) is 3.57. The molecule has 1 aromatic heterocycles. The molecule has 1 N–H and O–H groups in total. The van der Waals surface area contributed by atoms with Gasteiger partial charge in [-0.05, 0) is 26.3 Å². The van der Waals surface area contributed by atoms with E-state index in [4.69, 9.17) is 0 Å². The van der Waals surface area contributed by atoms with Crippen molar-refractivity contribution in [3.63, 3.8) is 0 Å². The van der Waals surface area contributed by atoms with Crippen LogP contribution in [0.3, 0.4) is 0 Å². The molecular weight excluding hydrogens is 162 g/mol. The molecule has 1 aromatic rings. The number of hydrogen-bond acceptors (Lipinski definition) is 3. The van der Waals surface area contributed by atoms with E-state index in [2.05, 4.69) is 15.3 Å². The summed E-state index contributed by atoms with van der Waals surface area (Å²) in [4.78, 5) is 8.66. The van der Waals surface area contributed by atoms with Crippen molar-refractivity contribution in [2.45, 2.75) is 25.7 Å². The smallest absolute Gasteiger partial charge is 0.0659 e. The summed E-state index contributed by atoms with van der Waals surface area (Å²) >= 11 is 0. The summed E-state index contributed by atoms with van der Waals surface area (Å²) in [5, 5.41) is 3.39. The van der Waals surface area contributed by atoms with Gasteiger partial charge in [0.25, 0.3) is 0 Å². The van der Waals surface area contributed by atoms with Gasteiger partial charge in [-0.2, -0.15) is 0 Å². The van der Waals surface area contributed by atoms with Crippen LogP contribution in [-0.4, -0.2) is 23.1 Å². The van der Waals surface area contributed by atoms with E-state index in [1.54, 1.807) is 12.4 Å². The first kappa shape index (κ1) is 8.63. The molecule has 1 fully saturated rings. The van der Waals surface area contributed by atoms with Crippen LogP contribution in [0.15, 0.2) is 12.4 Å². The minimum Gasteiger partial charge on any atom is -0.316 e. The van der Waals surface area contributed by atoms with Crippen LogP contribution in [0.1, 0.15) is 30.1 Å². The summed E-state index contributed by atoms with van der Waals surface area (Å²) in [6.07, 6.45) is 6.04. The Morgan fingerprint density at radius 3 is 2.92 bits per heavy atom. The molecule has 1 aliphatic rings. The number of hydrogen-bond donors (Lipinski definition) is 1. The summed E-state index contributed by atoms with van der Waals surface area (Å²) in [5.74, 6) is 0.572. The Morgan fingerprint density at radius 1 is 1.38 bits per heavy atom. The minimum atomic E-state index is 0.572. The fraction of sp³-hybridized carbons (Fsp3) is 0.600. The highest BCUT2D eigenvalue weighted by atomic mass is 14.9. The Kier molecular flexibility index (Phi) is 2.54. The third-order valence-electron chi connectivity index (χ3n) is 2.60. The van der Waals surface area contributed by atoms with Crippen LogP contribution in [0.2, 0.25) is 0 Å². The molecule has 2 heterocycles. The van der Waals surface area contributed by atoms with Crippen LogP contribution < -0.4 is 5.32 Å². The number of aromatic nitrogens is 2. The van der Waals surface area contributed by atoms with Gasteiger partial charge in [0, 0.05) is 24.9 Å². The zero-order valence-corrected chi connectivity index (χ0v) is 7.95. The molecule has 2 rings (SSSR count). The van der Waals surface area contributed by atoms with Gasteiger partial charge in [-0.15, -0.1) is 0 Å². The summed E-state index contributed by atoms with van der Waals surface area (Å²) in [5.41, 5.74) is 2.26. The average molecular weight is 177 g/mol. The van der Waals surface area contributed by atoms with Crippen molar-refractivity contribution in [2.24, 2.45) is 0 Å². The lowest BCUT2D eigenvalue weighted by molar-refractivity contribution is 0.452. The zero-order valence-electron chi connectivity index (χ0n) is 7.95. The van der Waals surface area contributed by atoms with E-state index in [1.165, 1.54) is 18.5 Å². The van der Waals surface area contributed by atoms with Crippen LogP contribution >= 0.6 is 0 Å². The number of nitrogens with one attached hydrogen (secondary N) is 1. The molecule has 0 bridgehead atoms. The van der Waals surface area contributed by atoms with Gasteiger partial charge >= 0.3 is 0 Å². The maximum absolute atomic E-state index is 4.40. The number of nitrogens with zero attached hydrogens (tertiary/aromatic N) is 2. The molecule has 1 aliphatic heterocycles. The van der Waals surface area contributed by atoms with Crippen molar-refractivity contribution in [1.82, 2.24) is 15.3 Å². The van der Waals surface area contributed by atoms with Gasteiger partial charge in [0.05, 0.1) is 11.4 Å². The largest absolute Gasteiger partial charge is 0.316 e. The molecule has 0 aliphatic carbocycles. The van der Waals surface area contributed by atoms with Crippen LogP contribution in [0.4, 0.5) is 0 Å². The van der Waals surface area contributed by atoms with Gasteiger partial charge in [0.15, 0.2) is 0 Å². The Morgan fingerprint density at radius 2 is 2.23 bits per heavy atom. The second kappa shape index (κ2) is 3.83. The molecule has 0 radical (unpaired) electrons. The zero-order chi connectivity index (χ0) is 9.10. The summed E-state index contributed by atoms with van der Waals surface area (Å²) < 4.78 is 0. The molecule has 1 atom stereocenters. The van der Waals surface area contributed by atoms with Crippen LogP contribution in [0, 0.1) is 6.92 Å². The lowest BCUT2D eigenvalue weighted by Gasteiger charge is -2.22. The number of rotatable bonds is 1. The van der Waals surface area contributed by atoms with E-state index in [0.29, 0.717) is 5.92 Å². The molecule has 1 saturated heterocycles. The van der Waals surface area contributed by atoms with E-state index in [1.807, 2.05) is 6.92 Å². The first-order valence-electron chi connectivity index (χ1n) is 4.86. The maximum Gasteiger partial charge on any atom is 0.0659 e. The van der Waals surface area contributed by atoms with Crippen molar-refractivity contribution in [3.05, 3.63) is 23.8 Å². The fourth-order valence-electron chi connectivity index (χ4n) is 1.90. The Bertz CT molecular complexity index is 279. The van der Waals surface area contributed by atoms with Gasteiger partial charge in [0.2, 0.25) is 0 Å². The van der Waals surface area contributed by atoms with Crippen molar-refractivity contribution >= 4 is 0 Å². The van der Waals surface area contributed by atoms with Crippen LogP contribution in [0.5, 0.6) is 0 Å². The van der Waals surface area contributed by atoms with Crippen molar-refractivity contribution in [3.8, 4) is 0 Å². The Balaban J connectivity index is 2.18. The quantitative estimate of drug-likeness (QED) is 0.701. The van der Waals surface area contributed by atoms with Gasteiger partial charge in [-0.3, -0.25) is 9.97 Å². The minimum absolute atomic E-state index is 0.572. The third kappa shape index (κ3) is 1.86. The van der Waals surface area contributed by atoms with E-state index >= 15 is 0 Å². The van der Waals surface area contributed by atoms with Gasteiger partial charge in [0.1, 0.15) is 0 Å². The van der Waals surface area contributed by atoms with Crippen molar-refractivity contribution in [2.75, 3.05) is 13.1 Å². The topological polar surface area (TPSA) is 37.8 Å². The fourth-order valence-corrected chi connectivity index (χ4v) is 1.90. The van der Waals surface area contributed by atoms with E-state index < -0.39 is 0 Å². The average Bonchev–Trinajstić information content (AvgIpc) is 2.20. The maximum atomic E-state index is 4.40. The van der Waals surface area contributed by atoms with E-state index in [0.717, 1.165) is 18.8 Å². The molecule has 3 heteroatoms. The highest BCUT2D eigenvalue weighted by molar-refractivity contribution is 5.15. The van der Waals surface area contributed by atoms with Gasteiger partial charge < -0.3 is 5.32 Å². The van der Waals surface area contributed by atoms with E-state index in [9.17, 15) is 0 Å². The van der Waals surface area contributed by atoms with Crippen molar-refractivity contribution in [1.29, 1.82) is 0 Å². The first-order chi connectivity index (χ1) is 6.38. The Labute approximate surface area is 78.6 Å². The molecule has 0 unspecified atom stereocenters. The molecule has 13 heavy (non-hydrogen) atoms. The molecule has 0 spiro atoms. The molecule has 0 saturated carbocycles. The first-order valence-corrected chi connectivity index (χ1v) is 4.86. The number of aryl methyl sites for hydroxylation is 1. The second-order valence-corrected chi connectivity index (χ2v) is 3.57. The SMILES string of the molecule is Cc1nccnc1[C@H]1CCCNC1. The van der Waals surface area contributed by atoms with Crippen molar-refractivity contribution < 1.29 is 0 Å². The monoisotopic (exact) mass is 177 g/mol.